The zero-order valence-electron chi connectivity index (χ0n) is 16.3. The predicted octanol–water partition coefficient (Wildman–Crippen LogP) is 4.57. The van der Waals surface area contributed by atoms with Crippen molar-refractivity contribution < 1.29 is 27.6 Å². The molecule has 1 aliphatic rings. The quantitative estimate of drug-likeness (QED) is 0.277. The molecule has 0 N–H and O–H groups in total. The van der Waals surface area contributed by atoms with Crippen molar-refractivity contribution in [3.8, 4) is 0 Å². The van der Waals surface area contributed by atoms with Gasteiger partial charge < -0.3 is 9.47 Å². The van der Waals surface area contributed by atoms with E-state index in [2.05, 4.69) is 10.0 Å². The maximum absolute atomic E-state index is 13.0. The van der Waals surface area contributed by atoms with Gasteiger partial charge in [-0.15, -0.1) is 0 Å². The van der Waals surface area contributed by atoms with Gasteiger partial charge in [0.05, 0.1) is 36.6 Å². The molecule has 0 aromatic heterocycles. The molecule has 1 rings (SSSR count). The van der Waals surface area contributed by atoms with Crippen molar-refractivity contribution in [1.29, 1.82) is 0 Å². The molecule has 9 nitrogen and oxygen atoms in total. The summed E-state index contributed by atoms with van der Waals surface area (Å²) in [6.45, 7) is 14.1. The minimum absolute atomic E-state index is 0.183. The third kappa shape index (κ3) is 8.51. The summed E-state index contributed by atoms with van der Waals surface area (Å²) >= 11 is 0. The zero-order valence-corrected chi connectivity index (χ0v) is 17.2. The lowest BCUT2D eigenvalue weighted by atomic mass is 10.2. The summed E-state index contributed by atoms with van der Waals surface area (Å²) in [6, 6.07) is -0.729. The van der Waals surface area contributed by atoms with Crippen molar-refractivity contribution in [2.24, 2.45) is 5.11 Å². The molecule has 2 atom stereocenters. The van der Waals surface area contributed by atoms with Gasteiger partial charge in [0.2, 0.25) is 0 Å². The van der Waals surface area contributed by atoms with E-state index >= 15 is 0 Å². The van der Waals surface area contributed by atoms with E-state index in [1.54, 1.807) is 55.4 Å². The Morgan fingerprint density at radius 3 is 2.12 bits per heavy atom. The van der Waals surface area contributed by atoms with E-state index in [1.165, 1.54) is 0 Å². The van der Waals surface area contributed by atoms with Gasteiger partial charge >= 0.3 is 7.82 Å². The van der Waals surface area contributed by atoms with Crippen molar-refractivity contribution >= 4 is 7.82 Å². The van der Waals surface area contributed by atoms with Crippen LogP contribution in [0, 0.1) is 0 Å². The molecule has 25 heavy (non-hydrogen) atoms. The second-order valence-electron chi connectivity index (χ2n) is 8.29. The fourth-order valence-electron chi connectivity index (χ4n) is 2.10. The van der Waals surface area contributed by atoms with Crippen LogP contribution in [0.1, 0.15) is 55.4 Å². The van der Waals surface area contributed by atoms with Crippen LogP contribution in [0.2, 0.25) is 0 Å². The van der Waals surface area contributed by atoms with Crippen LogP contribution >= 0.6 is 7.82 Å². The SMILES string of the molecule is CC(C)(C)OP(=O)(OCC(N=[N+]=[N-])C1COC(C)(C)O1)OC(C)(C)C. The van der Waals surface area contributed by atoms with Gasteiger partial charge in [0, 0.05) is 4.91 Å². The molecule has 10 heteroatoms. The summed E-state index contributed by atoms with van der Waals surface area (Å²) in [5, 5.41) is 3.69. The number of rotatable bonds is 7. The average molecular weight is 379 g/mol. The highest BCUT2D eigenvalue weighted by Crippen LogP contribution is 2.55. The fraction of sp³-hybridized carbons (Fsp3) is 1.00. The van der Waals surface area contributed by atoms with Gasteiger partial charge in [0.15, 0.2) is 5.79 Å². The van der Waals surface area contributed by atoms with E-state index in [-0.39, 0.29) is 13.2 Å². The molecule has 0 saturated carbocycles. The first-order chi connectivity index (χ1) is 11.1. The van der Waals surface area contributed by atoms with Gasteiger partial charge in [0.1, 0.15) is 0 Å². The van der Waals surface area contributed by atoms with E-state index in [4.69, 9.17) is 28.6 Å². The lowest BCUT2D eigenvalue weighted by Crippen LogP contribution is -2.33. The van der Waals surface area contributed by atoms with E-state index in [9.17, 15) is 4.57 Å². The monoisotopic (exact) mass is 379 g/mol. The lowest BCUT2D eigenvalue weighted by molar-refractivity contribution is -0.141. The van der Waals surface area contributed by atoms with Gasteiger partial charge in [-0.2, -0.15) is 0 Å². The minimum Gasteiger partial charge on any atom is -0.348 e. The van der Waals surface area contributed by atoms with Crippen molar-refractivity contribution in [1.82, 2.24) is 0 Å². The zero-order chi connectivity index (χ0) is 19.5. The van der Waals surface area contributed by atoms with Crippen LogP contribution in [-0.2, 0) is 27.6 Å². The normalized spacial score (nSPS) is 22.5. The Kier molecular flexibility index (Phi) is 7.09. The largest absolute Gasteiger partial charge is 0.475 e. The van der Waals surface area contributed by atoms with Gasteiger partial charge in [-0.3, -0.25) is 13.6 Å². The van der Waals surface area contributed by atoms with Crippen LogP contribution in [0.3, 0.4) is 0 Å². The van der Waals surface area contributed by atoms with Crippen LogP contribution < -0.4 is 0 Å². The van der Waals surface area contributed by atoms with Gasteiger partial charge in [-0.05, 0) is 60.9 Å². The summed E-state index contributed by atoms with van der Waals surface area (Å²) in [5.74, 6) is -0.776. The standard InChI is InChI=1S/C15H30N3O6P/c1-13(2,3)23-25(19,24-14(4,5)6)21-9-11(17-18-16)12-10-20-15(7,8)22-12/h11-12H,9-10H2,1-8H3. The molecule has 1 heterocycles. The first-order valence-electron chi connectivity index (χ1n) is 8.17. The van der Waals surface area contributed by atoms with E-state index in [1.807, 2.05) is 0 Å². The van der Waals surface area contributed by atoms with Crippen LogP contribution in [0.5, 0.6) is 0 Å². The fourth-order valence-corrected chi connectivity index (χ4v) is 3.92. The topological polar surface area (TPSA) is 112 Å². The van der Waals surface area contributed by atoms with E-state index in [0.717, 1.165) is 0 Å². The number of phosphoric ester groups is 1. The highest BCUT2D eigenvalue weighted by atomic mass is 31.2. The first-order valence-corrected chi connectivity index (χ1v) is 9.63. The Morgan fingerprint density at radius 2 is 1.76 bits per heavy atom. The lowest BCUT2D eigenvalue weighted by Gasteiger charge is -2.31. The first kappa shape index (κ1) is 22.4. The van der Waals surface area contributed by atoms with Crippen LogP contribution in [0.4, 0.5) is 0 Å². The Labute approximate surface area is 149 Å². The average Bonchev–Trinajstić information content (AvgIpc) is 2.70. The molecule has 0 aromatic carbocycles. The summed E-state index contributed by atoms with van der Waals surface area (Å²) < 4.78 is 40.8. The number of azide groups is 1. The number of ether oxygens (including phenoxy) is 2. The van der Waals surface area contributed by atoms with Crippen molar-refractivity contribution in [3.63, 3.8) is 0 Å². The van der Waals surface area contributed by atoms with Crippen LogP contribution in [-0.4, -0.2) is 42.3 Å². The van der Waals surface area contributed by atoms with Crippen molar-refractivity contribution in [2.75, 3.05) is 13.2 Å². The number of hydrogen-bond donors (Lipinski definition) is 0. The molecule has 1 saturated heterocycles. The second-order valence-corrected chi connectivity index (χ2v) is 9.81. The molecule has 2 unspecified atom stereocenters. The molecular weight excluding hydrogens is 349 g/mol. The summed E-state index contributed by atoms with van der Waals surface area (Å²) in [6.07, 6.45) is -0.511. The van der Waals surface area contributed by atoms with E-state index in [0.29, 0.717) is 0 Å². The van der Waals surface area contributed by atoms with Crippen LogP contribution in [0.15, 0.2) is 5.11 Å². The second kappa shape index (κ2) is 7.92. The van der Waals surface area contributed by atoms with Gasteiger partial charge in [0.25, 0.3) is 0 Å². The number of phosphoric acid groups is 1. The van der Waals surface area contributed by atoms with Crippen molar-refractivity contribution in [3.05, 3.63) is 10.4 Å². The highest BCUT2D eigenvalue weighted by molar-refractivity contribution is 7.48. The molecule has 0 aliphatic carbocycles. The predicted molar refractivity (Wildman–Crippen MR) is 93.1 cm³/mol. The Balaban J connectivity index is 2.88. The minimum atomic E-state index is -3.89. The molecule has 0 radical (unpaired) electrons. The maximum atomic E-state index is 13.0. The molecule has 146 valence electrons. The molecule has 0 aromatic rings. The summed E-state index contributed by atoms with van der Waals surface area (Å²) in [7, 11) is -3.89. The van der Waals surface area contributed by atoms with Gasteiger partial charge in [-0.25, -0.2) is 4.57 Å². The third-order valence-electron chi connectivity index (χ3n) is 2.83. The molecular formula is C15H30N3O6P. The summed E-state index contributed by atoms with van der Waals surface area (Å²) in [4.78, 5) is 2.82. The van der Waals surface area contributed by atoms with E-state index < -0.39 is 37.0 Å². The number of nitrogens with zero attached hydrogens (tertiary/aromatic N) is 3. The molecule has 0 spiro atoms. The Hall–Kier alpha value is -0.660. The van der Waals surface area contributed by atoms with Crippen molar-refractivity contribution in [2.45, 2.75) is 84.5 Å². The molecule has 0 bridgehead atoms. The molecule has 1 fully saturated rings. The third-order valence-corrected chi connectivity index (χ3v) is 4.84. The Bertz CT molecular complexity index is 528. The smallest absolute Gasteiger partial charge is 0.348 e. The van der Waals surface area contributed by atoms with Gasteiger partial charge in [-0.1, -0.05) is 5.11 Å². The summed E-state index contributed by atoms with van der Waals surface area (Å²) in [5.41, 5.74) is 7.31. The maximum Gasteiger partial charge on any atom is 0.475 e. The Morgan fingerprint density at radius 1 is 1.24 bits per heavy atom. The number of hydrogen-bond acceptors (Lipinski definition) is 7. The highest BCUT2D eigenvalue weighted by Gasteiger charge is 2.41. The molecule has 0 amide bonds. The molecule has 1 aliphatic heterocycles. The van der Waals surface area contributed by atoms with Crippen LogP contribution in [0.25, 0.3) is 10.4 Å².